The van der Waals surface area contributed by atoms with E-state index in [1.54, 1.807) is 18.2 Å². The number of ether oxygens (including phenoxy) is 1. The molecule has 0 saturated carbocycles. The maximum Gasteiger partial charge on any atom is 0.267 e. The number of anilines is 2. The second-order valence-electron chi connectivity index (χ2n) is 9.97. The van der Waals surface area contributed by atoms with E-state index in [-0.39, 0.29) is 40.3 Å². The van der Waals surface area contributed by atoms with Crippen molar-refractivity contribution in [1.82, 2.24) is 19.4 Å². The summed E-state index contributed by atoms with van der Waals surface area (Å²) in [6.45, 7) is 0.243. The number of nitrogens with one attached hydrogen (secondary N) is 1. The second kappa shape index (κ2) is 11.8. The second-order valence-corrected chi connectivity index (χ2v) is 11.6. The zero-order valence-electron chi connectivity index (χ0n) is 23.5. The molecule has 0 amide bonds. The van der Waals surface area contributed by atoms with E-state index in [0.717, 1.165) is 17.7 Å². The fourth-order valence-electron chi connectivity index (χ4n) is 4.72. The van der Waals surface area contributed by atoms with Crippen LogP contribution in [0.2, 0.25) is 0 Å². The normalized spacial score (nSPS) is 12.4. The molecule has 222 valence electrons. The summed E-state index contributed by atoms with van der Waals surface area (Å²) < 4.78 is 62.7. The monoisotopic (exact) mass is 606 g/mol. The fourth-order valence-corrected chi connectivity index (χ4v) is 5.93. The highest BCUT2D eigenvalue weighted by atomic mass is 32.2. The van der Waals surface area contributed by atoms with Gasteiger partial charge in [0.2, 0.25) is 11.8 Å². The van der Waals surface area contributed by atoms with Gasteiger partial charge in [-0.15, -0.1) is 0 Å². The quantitative estimate of drug-likeness (QED) is 0.252. The number of sulfonamides is 1. The van der Waals surface area contributed by atoms with Crippen LogP contribution in [0.15, 0.2) is 88.7 Å². The van der Waals surface area contributed by atoms with Crippen molar-refractivity contribution in [2.45, 2.75) is 17.5 Å². The minimum Gasteiger partial charge on any atom is -0.480 e. The van der Waals surface area contributed by atoms with Gasteiger partial charge in [0, 0.05) is 24.4 Å². The summed E-state index contributed by atoms with van der Waals surface area (Å²) in [7, 11) is 0.628. The van der Waals surface area contributed by atoms with Gasteiger partial charge in [0.1, 0.15) is 16.5 Å². The average Bonchev–Trinajstić information content (AvgIpc) is 2.98. The van der Waals surface area contributed by atoms with Crippen LogP contribution in [-0.2, 0) is 16.6 Å². The lowest BCUT2D eigenvalue weighted by molar-refractivity contribution is 0.267. The van der Waals surface area contributed by atoms with E-state index >= 15 is 0 Å². The predicted octanol–water partition coefficient (Wildman–Crippen LogP) is 4.43. The number of fused-ring (bicyclic) bond motifs is 1. The molecule has 0 fully saturated rings. The lowest BCUT2D eigenvalue weighted by Crippen LogP contribution is -2.32. The van der Waals surface area contributed by atoms with Crippen LogP contribution in [0.25, 0.3) is 22.0 Å². The summed E-state index contributed by atoms with van der Waals surface area (Å²) in [5, 5.41) is 0.268. The van der Waals surface area contributed by atoms with Crippen molar-refractivity contribution in [3.8, 4) is 17.0 Å². The Labute approximate surface area is 246 Å². The SMILES string of the molecule is COc1ncc(-c2ccc3nc(N)n(CC(c4ccccc4)N(C)C)c(=O)c3c2)cc1S(=O)(=O)Nc1ccc(F)cc1F. The van der Waals surface area contributed by atoms with Crippen molar-refractivity contribution < 1.29 is 21.9 Å². The highest BCUT2D eigenvalue weighted by Crippen LogP contribution is 2.31. The summed E-state index contributed by atoms with van der Waals surface area (Å²) in [4.78, 5) is 23.9. The molecule has 5 aromatic rings. The van der Waals surface area contributed by atoms with Crippen LogP contribution in [0.4, 0.5) is 20.4 Å². The molecule has 3 aromatic carbocycles. The maximum absolute atomic E-state index is 14.2. The Morgan fingerprint density at radius 1 is 1.02 bits per heavy atom. The van der Waals surface area contributed by atoms with Gasteiger partial charge in [0.05, 0.1) is 29.7 Å². The molecule has 0 aliphatic rings. The van der Waals surface area contributed by atoms with Crippen LogP contribution >= 0.6 is 0 Å². The zero-order chi connectivity index (χ0) is 30.9. The Morgan fingerprint density at radius 2 is 1.77 bits per heavy atom. The number of methoxy groups -OCH3 is 1. The topological polar surface area (TPSA) is 132 Å². The zero-order valence-corrected chi connectivity index (χ0v) is 24.3. The van der Waals surface area contributed by atoms with Crippen molar-refractivity contribution in [2.75, 3.05) is 31.7 Å². The van der Waals surface area contributed by atoms with Gasteiger partial charge in [-0.2, -0.15) is 0 Å². The Balaban J connectivity index is 1.56. The molecule has 1 atom stereocenters. The fraction of sp³-hybridized carbons (Fsp3) is 0.167. The molecule has 0 aliphatic carbocycles. The number of nitrogens with two attached hydrogens (primary N) is 1. The number of nitrogens with zero attached hydrogens (tertiary/aromatic N) is 4. The molecule has 0 saturated heterocycles. The molecule has 5 rings (SSSR count). The average molecular weight is 607 g/mol. The lowest BCUT2D eigenvalue weighted by Gasteiger charge is -2.26. The molecule has 0 aliphatic heterocycles. The Kier molecular flexibility index (Phi) is 8.11. The van der Waals surface area contributed by atoms with Gasteiger partial charge in [-0.3, -0.25) is 14.1 Å². The summed E-state index contributed by atoms with van der Waals surface area (Å²) in [6, 6.07) is 18.1. The number of hydrogen-bond acceptors (Lipinski definition) is 8. The highest BCUT2D eigenvalue weighted by Gasteiger charge is 2.24. The third-order valence-electron chi connectivity index (χ3n) is 6.96. The predicted molar refractivity (Wildman–Crippen MR) is 160 cm³/mol. The van der Waals surface area contributed by atoms with Gasteiger partial charge < -0.3 is 15.4 Å². The third-order valence-corrected chi connectivity index (χ3v) is 8.32. The Hall–Kier alpha value is -4.88. The van der Waals surface area contributed by atoms with Gasteiger partial charge in [-0.05, 0) is 55.6 Å². The van der Waals surface area contributed by atoms with E-state index in [9.17, 15) is 22.0 Å². The molecule has 43 heavy (non-hydrogen) atoms. The van der Waals surface area contributed by atoms with Gasteiger partial charge in [0.15, 0.2) is 0 Å². The van der Waals surface area contributed by atoms with Crippen molar-refractivity contribution in [2.24, 2.45) is 0 Å². The van der Waals surface area contributed by atoms with Crippen LogP contribution in [0.1, 0.15) is 11.6 Å². The number of pyridine rings is 1. The number of halogens is 2. The van der Waals surface area contributed by atoms with Crippen molar-refractivity contribution >= 4 is 32.6 Å². The van der Waals surface area contributed by atoms with E-state index in [0.29, 0.717) is 22.7 Å². The van der Waals surface area contributed by atoms with Gasteiger partial charge in [-0.25, -0.2) is 27.2 Å². The van der Waals surface area contributed by atoms with Crippen LogP contribution in [0.3, 0.4) is 0 Å². The number of benzene rings is 3. The summed E-state index contributed by atoms with van der Waals surface area (Å²) in [5.74, 6) is -2.13. The molecule has 0 bridgehead atoms. The van der Waals surface area contributed by atoms with Gasteiger partial charge >= 0.3 is 0 Å². The van der Waals surface area contributed by atoms with Crippen LogP contribution < -0.4 is 20.8 Å². The first-order valence-electron chi connectivity index (χ1n) is 13.0. The molecular weight excluding hydrogens is 578 g/mol. The first-order chi connectivity index (χ1) is 20.5. The summed E-state index contributed by atoms with van der Waals surface area (Å²) in [6.07, 6.45) is 1.39. The van der Waals surface area contributed by atoms with Crippen molar-refractivity contribution in [3.63, 3.8) is 0 Å². The lowest BCUT2D eigenvalue weighted by atomic mass is 10.0. The van der Waals surface area contributed by atoms with E-state index in [4.69, 9.17) is 10.5 Å². The molecule has 10 nitrogen and oxygen atoms in total. The molecule has 0 spiro atoms. The summed E-state index contributed by atoms with van der Waals surface area (Å²) in [5.41, 5.74) is 7.59. The van der Waals surface area contributed by atoms with E-state index in [2.05, 4.69) is 14.7 Å². The maximum atomic E-state index is 14.2. The number of hydrogen-bond donors (Lipinski definition) is 2. The van der Waals surface area contributed by atoms with Crippen molar-refractivity contribution in [3.05, 3.63) is 107 Å². The molecule has 2 heterocycles. The number of likely N-dealkylation sites (N-methyl/N-ethyl adjacent to an activating group) is 1. The largest absolute Gasteiger partial charge is 0.480 e. The van der Waals surface area contributed by atoms with Crippen LogP contribution in [-0.4, -0.2) is 49.1 Å². The first-order valence-corrected chi connectivity index (χ1v) is 14.5. The standard InChI is InChI=1S/C30H28F2N6O4S/c1-37(2)26(18-7-5-4-6-8-18)17-38-29(39)22-13-19(9-11-24(22)35-30(38)33)20-14-27(28(42-3)34-16-20)43(40,41)36-25-12-10-21(31)15-23(25)32/h4-16,26,36H,17H2,1-3H3,(H2,33,35). The number of nitrogen functional groups attached to an aromatic ring is 1. The minimum atomic E-state index is -4.43. The Bertz CT molecular complexity index is 1990. The molecule has 3 N–H and O–H groups in total. The number of rotatable bonds is 9. The highest BCUT2D eigenvalue weighted by molar-refractivity contribution is 7.92. The van der Waals surface area contributed by atoms with Crippen molar-refractivity contribution in [1.29, 1.82) is 0 Å². The minimum absolute atomic E-state index is 0.0617. The first kappa shape index (κ1) is 29.6. The Morgan fingerprint density at radius 3 is 2.44 bits per heavy atom. The molecule has 0 radical (unpaired) electrons. The molecular formula is C30H28F2N6O4S. The van der Waals surface area contributed by atoms with Crippen LogP contribution in [0.5, 0.6) is 5.88 Å². The number of aromatic nitrogens is 3. The summed E-state index contributed by atoms with van der Waals surface area (Å²) >= 11 is 0. The smallest absolute Gasteiger partial charge is 0.267 e. The molecule has 1 unspecified atom stereocenters. The van der Waals surface area contributed by atoms with Gasteiger partial charge in [-0.1, -0.05) is 36.4 Å². The third kappa shape index (κ3) is 6.03. The van der Waals surface area contributed by atoms with Gasteiger partial charge in [0.25, 0.3) is 15.6 Å². The van der Waals surface area contributed by atoms with E-state index in [1.807, 2.05) is 49.3 Å². The van der Waals surface area contributed by atoms with E-state index in [1.165, 1.54) is 23.9 Å². The van der Waals surface area contributed by atoms with Crippen LogP contribution in [0, 0.1) is 11.6 Å². The molecule has 13 heteroatoms. The molecule has 2 aromatic heterocycles. The van der Waals surface area contributed by atoms with E-state index < -0.39 is 27.3 Å².